The first-order valence-electron chi connectivity index (χ1n) is 14.9. The van der Waals surface area contributed by atoms with Crippen molar-refractivity contribution in [2.75, 3.05) is 23.6 Å². The highest BCUT2D eigenvalue weighted by atomic mass is 32.2. The van der Waals surface area contributed by atoms with E-state index < -0.39 is 22.0 Å². The lowest BCUT2D eigenvalue weighted by atomic mass is 10.1. The molecule has 5 aromatic rings. The number of aliphatic imine (C=N–C) groups is 1. The van der Waals surface area contributed by atoms with Gasteiger partial charge in [-0.1, -0.05) is 78.9 Å². The Labute approximate surface area is 279 Å². The Morgan fingerprint density at radius 1 is 0.854 bits per heavy atom. The molecule has 48 heavy (non-hydrogen) atoms. The van der Waals surface area contributed by atoms with Crippen LogP contribution in [0.4, 0.5) is 21.0 Å². The molecule has 0 fully saturated rings. The number of hydrazine groups is 1. The number of benzene rings is 4. The number of ether oxygens (including phenoxy) is 1. The van der Waals surface area contributed by atoms with E-state index in [9.17, 15) is 18.0 Å². The zero-order valence-electron chi connectivity index (χ0n) is 26.1. The first-order valence-corrected chi connectivity index (χ1v) is 16.8. The van der Waals surface area contributed by atoms with Gasteiger partial charge in [-0.05, 0) is 53.1 Å². The topological polar surface area (TPSA) is 156 Å². The third kappa shape index (κ3) is 9.27. The molecule has 11 nitrogen and oxygen atoms in total. The van der Waals surface area contributed by atoms with Crippen molar-refractivity contribution in [3.63, 3.8) is 0 Å². The summed E-state index contributed by atoms with van der Waals surface area (Å²) in [6.45, 7) is 0.340. The molecule has 1 heterocycles. The van der Waals surface area contributed by atoms with E-state index in [1.165, 1.54) is 11.3 Å². The third-order valence-corrected chi connectivity index (χ3v) is 8.29. The highest BCUT2D eigenvalue weighted by Gasteiger charge is 2.17. The standard InChI is InChI=1S/C36H34N6O5S/c1-48(45,46)33-15-6-5-14-32(33)28-16-18-30(19-17-28)39-35(43)42(25-27-9-3-2-4-10-27)41-31-13-7-12-29(23-31)34(37)40-36(44)47-22-20-26-11-8-21-38-24-26/h2-19,21,23-24,41H,20,22,25H2,1H3,(H,39,43)(H2,37,40,44). The van der Waals surface area contributed by atoms with Crippen molar-refractivity contribution in [3.8, 4) is 11.1 Å². The predicted octanol–water partition coefficient (Wildman–Crippen LogP) is 6.30. The molecular weight excluding hydrogens is 629 g/mol. The van der Waals surface area contributed by atoms with E-state index in [0.717, 1.165) is 11.1 Å². The third-order valence-electron chi connectivity index (χ3n) is 7.14. The van der Waals surface area contributed by atoms with Crippen molar-refractivity contribution in [3.05, 3.63) is 144 Å². The number of hydrogen-bond donors (Lipinski definition) is 3. The Morgan fingerprint density at radius 2 is 1.58 bits per heavy atom. The van der Waals surface area contributed by atoms with E-state index >= 15 is 0 Å². The number of urea groups is 1. The van der Waals surface area contributed by atoms with Crippen LogP contribution in [0.3, 0.4) is 0 Å². The number of anilines is 2. The minimum Gasteiger partial charge on any atom is -0.448 e. The number of carbonyl (C=O) groups excluding carboxylic acids is 2. The van der Waals surface area contributed by atoms with Gasteiger partial charge < -0.3 is 15.8 Å². The molecule has 0 radical (unpaired) electrons. The average Bonchev–Trinajstić information content (AvgIpc) is 3.09. The molecule has 0 unspecified atom stereocenters. The Kier molecular flexibility index (Phi) is 10.8. The molecule has 4 aromatic carbocycles. The smallest absolute Gasteiger partial charge is 0.435 e. The van der Waals surface area contributed by atoms with Gasteiger partial charge in [-0.15, -0.1) is 0 Å². The van der Waals surface area contributed by atoms with E-state index in [4.69, 9.17) is 10.5 Å². The minimum absolute atomic E-state index is 0.0402. The van der Waals surface area contributed by atoms with Crippen molar-refractivity contribution in [2.24, 2.45) is 10.7 Å². The number of amidine groups is 1. The van der Waals surface area contributed by atoms with Crippen molar-refractivity contribution < 1.29 is 22.7 Å². The molecule has 0 aliphatic rings. The summed E-state index contributed by atoms with van der Waals surface area (Å²) in [4.78, 5) is 34.0. The number of aromatic nitrogens is 1. The molecule has 12 heteroatoms. The van der Waals surface area contributed by atoms with Crippen LogP contribution in [0.15, 0.2) is 138 Å². The number of nitrogens with two attached hydrogens (primary N) is 1. The van der Waals surface area contributed by atoms with Gasteiger partial charge in [0, 0.05) is 41.9 Å². The lowest BCUT2D eigenvalue weighted by Gasteiger charge is -2.25. The molecule has 3 amide bonds. The largest absolute Gasteiger partial charge is 0.448 e. The van der Waals surface area contributed by atoms with E-state index in [0.29, 0.717) is 34.5 Å². The molecule has 0 aliphatic heterocycles. The number of amides is 3. The molecule has 4 N–H and O–H groups in total. The summed E-state index contributed by atoms with van der Waals surface area (Å²) in [5, 5.41) is 4.30. The molecular formula is C36H34N6O5S. The quantitative estimate of drug-likeness (QED) is 0.0846. The maximum Gasteiger partial charge on any atom is 0.435 e. The fourth-order valence-corrected chi connectivity index (χ4v) is 5.69. The summed E-state index contributed by atoms with van der Waals surface area (Å²) in [5.74, 6) is -0.0402. The summed E-state index contributed by atoms with van der Waals surface area (Å²) in [7, 11) is -3.43. The molecule has 244 valence electrons. The van der Waals surface area contributed by atoms with Crippen LogP contribution < -0.4 is 16.5 Å². The first kappa shape index (κ1) is 33.4. The fourth-order valence-electron chi connectivity index (χ4n) is 4.78. The normalized spacial score (nSPS) is 11.4. The summed E-state index contributed by atoms with van der Waals surface area (Å²) in [6, 6.07) is 33.2. The van der Waals surface area contributed by atoms with Gasteiger partial charge in [-0.2, -0.15) is 4.99 Å². The molecule has 0 aliphatic carbocycles. The van der Waals surface area contributed by atoms with Gasteiger partial charge >= 0.3 is 12.1 Å². The molecule has 0 bridgehead atoms. The first-order chi connectivity index (χ1) is 23.2. The van der Waals surface area contributed by atoms with E-state index in [1.807, 2.05) is 42.5 Å². The molecule has 0 saturated heterocycles. The predicted molar refractivity (Wildman–Crippen MR) is 186 cm³/mol. The van der Waals surface area contributed by atoms with Crippen LogP contribution in [0, 0.1) is 0 Å². The van der Waals surface area contributed by atoms with Gasteiger partial charge in [0.25, 0.3) is 0 Å². The molecule has 5 rings (SSSR count). The SMILES string of the molecule is CS(=O)(=O)c1ccccc1-c1ccc(NC(=O)N(Cc2ccccc2)Nc2cccc(/C(N)=N/C(=O)OCCc3cccnc3)c2)cc1. The Bertz CT molecular complexity index is 2000. The van der Waals surface area contributed by atoms with Crippen LogP contribution in [-0.4, -0.2) is 49.2 Å². The van der Waals surface area contributed by atoms with E-state index in [2.05, 4.69) is 20.7 Å². The fraction of sp³-hybridized carbons (Fsp3) is 0.111. The molecule has 0 saturated carbocycles. The number of nitrogens with zero attached hydrogens (tertiary/aromatic N) is 3. The van der Waals surface area contributed by atoms with Crippen LogP contribution in [0.5, 0.6) is 0 Å². The maximum absolute atomic E-state index is 13.6. The van der Waals surface area contributed by atoms with Crippen molar-refractivity contribution in [2.45, 2.75) is 17.9 Å². The van der Waals surface area contributed by atoms with E-state index in [-0.39, 0.29) is 23.9 Å². The van der Waals surface area contributed by atoms with Crippen LogP contribution >= 0.6 is 0 Å². The lowest BCUT2D eigenvalue weighted by Crippen LogP contribution is -2.39. The highest BCUT2D eigenvalue weighted by molar-refractivity contribution is 7.90. The Balaban J connectivity index is 1.29. The van der Waals surface area contributed by atoms with Crippen molar-refractivity contribution in [1.82, 2.24) is 9.99 Å². The molecule has 0 atom stereocenters. The maximum atomic E-state index is 13.6. The van der Waals surface area contributed by atoms with Crippen LogP contribution in [0.1, 0.15) is 16.7 Å². The monoisotopic (exact) mass is 662 g/mol. The number of sulfone groups is 1. The van der Waals surface area contributed by atoms with Gasteiger partial charge in [0.15, 0.2) is 9.84 Å². The van der Waals surface area contributed by atoms with Crippen molar-refractivity contribution in [1.29, 1.82) is 0 Å². The number of carbonyl (C=O) groups is 2. The number of hydrogen-bond acceptors (Lipinski definition) is 7. The summed E-state index contributed by atoms with van der Waals surface area (Å²) in [6.07, 6.45) is 4.22. The lowest BCUT2D eigenvalue weighted by molar-refractivity contribution is 0.158. The van der Waals surface area contributed by atoms with Crippen molar-refractivity contribution >= 4 is 39.2 Å². The van der Waals surface area contributed by atoms with Gasteiger partial charge in [-0.3, -0.25) is 10.4 Å². The highest BCUT2D eigenvalue weighted by Crippen LogP contribution is 2.28. The van der Waals surface area contributed by atoms with Crippen LogP contribution in [0.2, 0.25) is 0 Å². The summed E-state index contributed by atoms with van der Waals surface area (Å²) < 4.78 is 29.8. The second-order valence-corrected chi connectivity index (χ2v) is 12.7. The number of pyridine rings is 1. The molecule has 1 aromatic heterocycles. The Morgan fingerprint density at radius 3 is 2.31 bits per heavy atom. The van der Waals surface area contributed by atoms with Crippen LogP contribution in [-0.2, 0) is 27.5 Å². The van der Waals surface area contributed by atoms with Crippen LogP contribution in [0.25, 0.3) is 11.1 Å². The second-order valence-electron chi connectivity index (χ2n) is 10.8. The second kappa shape index (κ2) is 15.5. The average molecular weight is 663 g/mol. The van der Waals surface area contributed by atoms with E-state index in [1.54, 1.807) is 85.2 Å². The minimum atomic E-state index is -3.43. The summed E-state index contributed by atoms with van der Waals surface area (Å²) >= 11 is 0. The van der Waals surface area contributed by atoms with Gasteiger partial charge in [0.05, 0.1) is 23.7 Å². The van der Waals surface area contributed by atoms with Gasteiger partial charge in [-0.25, -0.2) is 23.0 Å². The zero-order chi connectivity index (χ0) is 33.9. The van der Waals surface area contributed by atoms with Gasteiger partial charge in [0.2, 0.25) is 0 Å². The number of rotatable bonds is 11. The molecule has 0 spiro atoms. The zero-order valence-corrected chi connectivity index (χ0v) is 26.9. The van der Waals surface area contributed by atoms with Gasteiger partial charge in [0.1, 0.15) is 5.84 Å². The number of nitrogens with one attached hydrogen (secondary N) is 2. The summed E-state index contributed by atoms with van der Waals surface area (Å²) in [5.41, 5.74) is 13.8. The Hall–Kier alpha value is -6.01.